The van der Waals surface area contributed by atoms with Crippen molar-refractivity contribution in [2.75, 3.05) is 13.2 Å². The average Bonchev–Trinajstić information content (AvgIpc) is 2.65. The van der Waals surface area contributed by atoms with E-state index in [1.807, 2.05) is 36.4 Å². The van der Waals surface area contributed by atoms with Crippen LogP contribution in [0.2, 0.25) is 0 Å². The van der Waals surface area contributed by atoms with Gasteiger partial charge in [-0.2, -0.15) is 5.26 Å². The van der Waals surface area contributed by atoms with Gasteiger partial charge in [-0.15, -0.1) is 0 Å². The molecule has 0 radical (unpaired) electrons. The zero-order chi connectivity index (χ0) is 18.8. The number of nitrogens with one attached hydrogen (secondary N) is 1. The van der Waals surface area contributed by atoms with E-state index in [0.29, 0.717) is 24.3 Å². The maximum absolute atomic E-state index is 12.2. The summed E-state index contributed by atoms with van der Waals surface area (Å²) in [5, 5.41) is 20.7. The number of aliphatic carboxylic acids is 1. The van der Waals surface area contributed by atoms with Gasteiger partial charge in [0.1, 0.15) is 17.4 Å². The maximum atomic E-state index is 12.2. The Labute approximate surface area is 151 Å². The molecular formula is C20H18N2O4. The monoisotopic (exact) mass is 350 g/mol. The fraction of sp³-hybridized carbons (Fsp3) is 0.150. The molecule has 6 nitrogen and oxygen atoms in total. The molecule has 0 fully saturated rings. The summed E-state index contributed by atoms with van der Waals surface area (Å²) in [5.41, 5.74) is 1.47. The van der Waals surface area contributed by atoms with Crippen molar-refractivity contribution in [1.29, 1.82) is 5.26 Å². The van der Waals surface area contributed by atoms with Crippen molar-refractivity contribution in [1.82, 2.24) is 5.32 Å². The number of carbonyl (C=O) groups is 2. The van der Waals surface area contributed by atoms with Gasteiger partial charge >= 0.3 is 5.97 Å². The van der Waals surface area contributed by atoms with E-state index in [4.69, 9.17) is 9.84 Å². The number of nitriles is 1. The molecule has 0 spiro atoms. The summed E-state index contributed by atoms with van der Waals surface area (Å²) >= 11 is 0. The number of carboxylic acid groups (broad SMARTS) is 1. The number of hydrogen-bond acceptors (Lipinski definition) is 4. The smallest absolute Gasteiger partial charge is 0.341 e. The molecule has 0 aromatic heterocycles. The Balaban J connectivity index is 2.04. The van der Waals surface area contributed by atoms with Gasteiger partial charge in [-0.3, -0.25) is 4.79 Å². The first-order valence-electron chi connectivity index (χ1n) is 7.97. The van der Waals surface area contributed by atoms with Crippen molar-refractivity contribution in [2.24, 2.45) is 0 Å². The van der Waals surface area contributed by atoms with Crippen LogP contribution in [-0.4, -0.2) is 30.1 Å². The van der Waals surface area contributed by atoms with Gasteiger partial charge in [-0.1, -0.05) is 48.5 Å². The number of ether oxygens (including phenoxy) is 1. The summed E-state index contributed by atoms with van der Waals surface area (Å²) < 4.78 is 5.18. The molecule has 132 valence electrons. The van der Waals surface area contributed by atoms with Crippen LogP contribution in [-0.2, 0) is 16.0 Å². The van der Waals surface area contributed by atoms with E-state index in [2.05, 4.69) is 5.32 Å². The first-order valence-corrected chi connectivity index (χ1v) is 7.97. The Bertz CT molecular complexity index is 838. The van der Waals surface area contributed by atoms with Crippen molar-refractivity contribution in [2.45, 2.75) is 6.42 Å². The Morgan fingerprint density at radius 3 is 2.50 bits per heavy atom. The summed E-state index contributed by atoms with van der Waals surface area (Å²) in [4.78, 5) is 22.9. The third-order valence-corrected chi connectivity index (χ3v) is 3.48. The number of para-hydroxylation sites is 1. The molecule has 1 amide bonds. The van der Waals surface area contributed by atoms with E-state index in [9.17, 15) is 14.9 Å². The third kappa shape index (κ3) is 5.80. The quantitative estimate of drug-likeness (QED) is 0.563. The molecule has 6 heteroatoms. The molecule has 2 rings (SSSR count). The fourth-order valence-corrected chi connectivity index (χ4v) is 2.24. The highest BCUT2D eigenvalue weighted by molar-refractivity contribution is 6.02. The summed E-state index contributed by atoms with van der Waals surface area (Å²) in [6, 6.07) is 18.2. The number of rotatable bonds is 8. The van der Waals surface area contributed by atoms with Crippen LogP contribution >= 0.6 is 0 Å². The molecular weight excluding hydrogens is 332 g/mol. The van der Waals surface area contributed by atoms with E-state index in [1.54, 1.807) is 24.3 Å². The minimum Gasteiger partial charge on any atom is -0.481 e. The second-order valence-corrected chi connectivity index (χ2v) is 5.38. The Morgan fingerprint density at radius 1 is 1.12 bits per heavy atom. The number of benzene rings is 2. The van der Waals surface area contributed by atoms with E-state index >= 15 is 0 Å². The van der Waals surface area contributed by atoms with E-state index < -0.39 is 18.5 Å². The Kier molecular flexibility index (Phi) is 6.95. The Hall–Kier alpha value is -3.59. The molecule has 2 aromatic rings. The van der Waals surface area contributed by atoms with Crippen LogP contribution in [0.5, 0.6) is 5.75 Å². The standard InChI is InChI=1S/C20H18N2O4/c21-13-17(20(25)22-11-10-15-6-2-1-3-7-15)12-16-8-4-5-9-18(16)26-14-19(23)24/h1-9,12H,10-11,14H2,(H,22,25)(H,23,24)/b17-12-. The first kappa shape index (κ1) is 18.7. The molecule has 2 N–H and O–H groups in total. The molecule has 26 heavy (non-hydrogen) atoms. The summed E-state index contributed by atoms with van der Waals surface area (Å²) in [5.74, 6) is -1.31. The molecule has 0 heterocycles. The van der Waals surface area contributed by atoms with Gasteiger partial charge in [0.2, 0.25) is 0 Å². The van der Waals surface area contributed by atoms with Gasteiger partial charge in [-0.25, -0.2) is 4.79 Å². The second kappa shape index (κ2) is 9.64. The van der Waals surface area contributed by atoms with Crippen molar-refractivity contribution >= 4 is 18.0 Å². The van der Waals surface area contributed by atoms with E-state index in [1.165, 1.54) is 6.08 Å². The number of carboxylic acids is 1. The number of carbonyl (C=O) groups excluding carboxylic acids is 1. The minimum atomic E-state index is -1.11. The summed E-state index contributed by atoms with van der Waals surface area (Å²) in [6.07, 6.45) is 2.04. The third-order valence-electron chi connectivity index (χ3n) is 3.48. The first-order chi connectivity index (χ1) is 12.6. The van der Waals surface area contributed by atoms with Crippen molar-refractivity contribution in [3.05, 3.63) is 71.3 Å². The zero-order valence-electron chi connectivity index (χ0n) is 14.0. The summed E-state index contributed by atoms with van der Waals surface area (Å²) in [6.45, 7) is -0.102. The fourth-order valence-electron chi connectivity index (χ4n) is 2.24. The lowest BCUT2D eigenvalue weighted by Gasteiger charge is -2.08. The predicted octanol–water partition coefficient (Wildman–Crippen LogP) is 2.42. The lowest BCUT2D eigenvalue weighted by atomic mass is 10.1. The van der Waals surface area contributed by atoms with Gasteiger partial charge in [0, 0.05) is 12.1 Å². The van der Waals surface area contributed by atoms with Gasteiger partial charge in [0.25, 0.3) is 5.91 Å². The molecule has 0 unspecified atom stereocenters. The second-order valence-electron chi connectivity index (χ2n) is 5.38. The number of nitrogens with zero attached hydrogens (tertiary/aromatic N) is 1. The van der Waals surface area contributed by atoms with Gasteiger partial charge in [0.05, 0.1) is 0 Å². The highest BCUT2D eigenvalue weighted by Crippen LogP contribution is 2.21. The molecule has 0 aliphatic heterocycles. The minimum absolute atomic E-state index is 0.0792. The summed E-state index contributed by atoms with van der Waals surface area (Å²) in [7, 11) is 0. The van der Waals surface area contributed by atoms with Crippen molar-refractivity contribution in [3.8, 4) is 11.8 Å². The maximum Gasteiger partial charge on any atom is 0.341 e. The van der Waals surface area contributed by atoms with E-state index in [0.717, 1.165) is 5.56 Å². The SMILES string of the molecule is N#C/C(=C/c1ccccc1OCC(=O)O)C(=O)NCCc1ccccc1. The zero-order valence-corrected chi connectivity index (χ0v) is 14.0. The highest BCUT2D eigenvalue weighted by atomic mass is 16.5. The molecule has 0 saturated heterocycles. The molecule has 0 aliphatic rings. The van der Waals surface area contributed by atoms with Crippen LogP contribution in [0.25, 0.3) is 6.08 Å². The lowest BCUT2D eigenvalue weighted by Crippen LogP contribution is -2.26. The Morgan fingerprint density at radius 2 is 1.81 bits per heavy atom. The highest BCUT2D eigenvalue weighted by Gasteiger charge is 2.11. The topological polar surface area (TPSA) is 99.4 Å². The van der Waals surface area contributed by atoms with Crippen LogP contribution in [0.1, 0.15) is 11.1 Å². The van der Waals surface area contributed by atoms with Crippen LogP contribution < -0.4 is 10.1 Å². The van der Waals surface area contributed by atoms with E-state index in [-0.39, 0.29) is 5.57 Å². The van der Waals surface area contributed by atoms with Crippen LogP contribution in [0.15, 0.2) is 60.2 Å². The molecule has 0 atom stereocenters. The molecule has 2 aromatic carbocycles. The lowest BCUT2D eigenvalue weighted by molar-refractivity contribution is -0.139. The molecule has 0 aliphatic carbocycles. The predicted molar refractivity (Wildman–Crippen MR) is 96.3 cm³/mol. The van der Waals surface area contributed by atoms with Crippen LogP contribution in [0.3, 0.4) is 0 Å². The molecule has 0 saturated carbocycles. The van der Waals surface area contributed by atoms with Crippen LogP contribution in [0, 0.1) is 11.3 Å². The average molecular weight is 350 g/mol. The van der Waals surface area contributed by atoms with Crippen LogP contribution in [0.4, 0.5) is 0 Å². The molecule has 0 bridgehead atoms. The van der Waals surface area contributed by atoms with Gasteiger partial charge in [-0.05, 0) is 24.1 Å². The normalized spacial score (nSPS) is 10.7. The number of amides is 1. The van der Waals surface area contributed by atoms with Crippen molar-refractivity contribution < 1.29 is 19.4 Å². The largest absolute Gasteiger partial charge is 0.481 e. The number of hydrogen-bond donors (Lipinski definition) is 2. The van der Waals surface area contributed by atoms with Crippen molar-refractivity contribution in [3.63, 3.8) is 0 Å². The van der Waals surface area contributed by atoms with Gasteiger partial charge in [0.15, 0.2) is 6.61 Å². The van der Waals surface area contributed by atoms with Gasteiger partial charge < -0.3 is 15.2 Å².